The van der Waals surface area contributed by atoms with Gasteiger partial charge in [0, 0.05) is 19.3 Å². The Balaban J connectivity index is 4.34. The Bertz CT molecular complexity index is 1110. The van der Waals surface area contributed by atoms with Gasteiger partial charge in [-0.2, -0.15) is 0 Å². The zero-order valence-electron chi connectivity index (χ0n) is 41.8. The fourth-order valence-corrected chi connectivity index (χ4v) is 7.72. The summed E-state index contributed by atoms with van der Waals surface area (Å²) in [6.07, 6.45) is 62.4. The molecule has 0 amide bonds. The van der Waals surface area contributed by atoms with Gasteiger partial charge < -0.3 is 14.2 Å². The summed E-state index contributed by atoms with van der Waals surface area (Å²) >= 11 is 0. The molecule has 6 nitrogen and oxygen atoms in total. The van der Waals surface area contributed by atoms with E-state index < -0.39 is 6.10 Å². The molecule has 0 radical (unpaired) electrons. The summed E-state index contributed by atoms with van der Waals surface area (Å²) in [5, 5.41) is 0. The van der Waals surface area contributed by atoms with E-state index in [0.29, 0.717) is 19.3 Å². The largest absolute Gasteiger partial charge is 0.462 e. The highest BCUT2D eigenvalue weighted by Gasteiger charge is 2.19. The Hall–Kier alpha value is -2.63. The molecule has 0 aliphatic carbocycles. The van der Waals surface area contributed by atoms with Gasteiger partial charge in [0.05, 0.1) is 0 Å². The molecule has 0 aliphatic heterocycles. The van der Waals surface area contributed by atoms with Crippen LogP contribution in [0.5, 0.6) is 0 Å². The molecule has 6 heteroatoms. The van der Waals surface area contributed by atoms with Gasteiger partial charge in [0.1, 0.15) is 13.2 Å². The van der Waals surface area contributed by atoms with Gasteiger partial charge in [-0.15, -0.1) is 0 Å². The topological polar surface area (TPSA) is 78.9 Å². The molecule has 0 saturated heterocycles. The summed E-state index contributed by atoms with van der Waals surface area (Å²) in [4.78, 5) is 37.9. The first kappa shape index (κ1) is 60.4. The second kappa shape index (κ2) is 52.0. The van der Waals surface area contributed by atoms with E-state index >= 15 is 0 Å². The lowest BCUT2D eigenvalue weighted by Crippen LogP contribution is -2.30. The Labute approximate surface area is 390 Å². The highest BCUT2D eigenvalue weighted by Crippen LogP contribution is 2.16. The number of allylic oxidation sites excluding steroid dienone is 8. The van der Waals surface area contributed by atoms with Crippen molar-refractivity contribution in [2.24, 2.45) is 0 Å². The molecule has 0 N–H and O–H groups in total. The minimum Gasteiger partial charge on any atom is -0.462 e. The molecule has 0 bridgehead atoms. The predicted molar refractivity (Wildman–Crippen MR) is 270 cm³/mol. The summed E-state index contributed by atoms with van der Waals surface area (Å²) < 4.78 is 16.8. The van der Waals surface area contributed by atoms with E-state index in [1.165, 1.54) is 154 Å². The van der Waals surface area contributed by atoms with Crippen LogP contribution in [0.4, 0.5) is 0 Å². The van der Waals surface area contributed by atoms with E-state index in [0.717, 1.165) is 83.5 Å². The van der Waals surface area contributed by atoms with Crippen molar-refractivity contribution in [1.29, 1.82) is 0 Å². The van der Waals surface area contributed by atoms with Crippen LogP contribution in [0.15, 0.2) is 48.6 Å². The average molecular weight is 883 g/mol. The summed E-state index contributed by atoms with van der Waals surface area (Å²) in [5.74, 6) is -0.903. The van der Waals surface area contributed by atoms with Crippen LogP contribution in [0.25, 0.3) is 0 Å². The van der Waals surface area contributed by atoms with Crippen molar-refractivity contribution >= 4 is 17.9 Å². The third-order valence-corrected chi connectivity index (χ3v) is 11.8. The first-order valence-electron chi connectivity index (χ1n) is 27.1. The van der Waals surface area contributed by atoms with E-state index in [1.807, 2.05) is 0 Å². The van der Waals surface area contributed by atoms with Gasteiger partial charge >= 0.3 is 17.9 Å². The molecule has 0 spiro atoms. The lowest BCUT2D eigenvalue weighted by molar-refractivity contribution is -0.167. The summed E-state index contributed by atoms with van der Waals surface area (Å²) in [6.45, 7) is 6.59. The number of hydrogen-bond acceptors (Lipinski definition) is 6. The highest BCUT2D eigenvalue weighted by atomic mass is 16.6. The van der Waals surface area contributed by atoms with Crippen molar-refractivity contribution in [1.82, 2.24) is 0 Å². The fraction of sp³-hybridized carbons (Fsp3) is 0.807. The summed E-state index contributed by atoms with van der Waals surface area (Å²) in [7, 11) is 0. The minimum absolute atomic E-state index is 0.0800. The molecule has 0 unspecified atom stereocenters. The monoisotopic (exact) mass is 883 g/mol. The van der Waals surface area contributed by atoms with Gasteiger partial charge in [0.25, 0.3) is 0 Å². The van der Waals surface area contributed by atoms with Crippen LogP contribution in [-0.2, 0) is 28.6 Å². The smallest absolute Gasteiger partial charge is 0.306 e. The van der Waals surface area contributed by atoms with E-state index in [-0.39, 0.29) is 31.1 Å². The molecule has 63 heavy (non-hydrogen) atoms. The maximum atomic E-state index is 12.8. The zero-order valence-corrected chi connectivity index (χ0v) is 41.8. The van der Waals surface area contributed by atoms with Crippen LogP contribution in [0.3, 0.4) is 0 Å². The van der Waals surface area contributed by atoms with Gasteiger partial charge in [0.2, 0.25) is 0 Å². The Morgan fingerprint density at radius 3 is 0.921 bits per heavy atom. The quantitative estimate of drug-likeness (QED) is 0.0262. The molecule has 0 aromatic rings. The van der Waals surface area contributed by atoms with Gasteiger partial charge in [-0.3, -0.25) is 14.4 Å². The lowest BCUT2D eigenvalue weighted by Gasteiger charge is -2.18. The Kier molecular flexibility index (Phi) is 49.8. The predicted octanol–water partition coefficient (Wildman–Crippen LogP) is 17.9. The minimum atomic E-state index is -0.781. The van der Waals surface area contributed by atoms with Crippen LogP contribution in [0.2, 0.25) is 0 Å². The SMILES string of the molecule is CCCCC/C=C\C/C=C\C/C=C\C/C=C\CCCCCC(=O)OC[C@@H](COC(=O)CCCCCCCCCCC)OC(=O)CCCCCCCCCCCCCCCCCCC. The molecule has 0 heterocycles. The molecule has 0 aromatic heterocycles. The lowest BCUT2D eigenvalue weighted by atomic mass is 10.0. The number of ether oxygens (including phenoxy) is 3. The fourth-order valence-electron chi connectivity index (χ4n) is 7.72. The number of unbranched alkanes of at least 4 members (excludes halogenated alkanes) is 30. The van der Waals surface area contributed by atoms with E-state index in [9.17, 15) is 14.4 Å². The van der Waals surface area contributed by atoms with Crippen LogP contribution < -0.4 is 0 Å². The third-order valence-electron chi connectivity index (χ3n) is 11.8. The van der Waals surface area contributed by atoms with Gasteiger partial charge in [-0.05, 0) is 64.2 Å². The second-order valence-electron chi connectivity index (χ2n) is 18.2. The molecule has 366 valence electrons. The van der Waals surface area contributed by atoms with Crippen LogP contribution in [0.1, 0.15) is 278 Å². The highest BCUT2D eigenvalue weighted by molar-refractivity contribution is 5.71. The maximum Gasteiger partial charge on any atom is 0.306 e. The number of carbonyl (C=O) groups is 3. The number of hydrogen-bond donors (Lipinski definition) is 0. The average Bonchev–Trinajstić information content (AvgIpc) is 3.28. The van der Waals surface area contributed by atoms with Crippen molar-refractivity contribution < 1.29 is 28.6 Å². The van der Waals surface area contributed by atoms with Gasteiger partial charge in [-0.1, -0.05) is 243 Å². The van der Waals surface area contributed by atoms with Crippen molar-refractivity contribution in [3.63, 3.8) is 0 Å². The molecular weight excluding hydrogens is 781 g/mol. The van der Waals surface area contributed by atoms with Crippen molar-refractivity contribution in [3.05, 3.63) is 48.6 Å². The second-order valence-corrected chi connectivity index (χ2v) is 18.2. The Morgan fingerprint density at radius 1 is 0.317 bits per heavy atom. The molecule has 0 fully saturated rings. The van der Waals surface area contributed by atoms with Crippen LogP contribution in [0, 0.1) is 0 Å². The van der Waals surface area contributed by atoms with Crippen LogP contribution in [-0.4, -0.2) is 37.2 Å². The molecule has 0 saturated carbocycles. The molecular formula is C57H102O6. The number of esters is 3. The third kappa shape index (κ3) is 50.2. The summed E-state index contributed by atoms with van der Waals surface area (Å²) in [5.41, 5.74) is 0. The van der Waals surface area contributed by atoms with Crippen LogP contribution >= 0.6 is 0 Å². The standard InChI is InChI=1S/C57H102O6/c1-4-7-10-13-16-19-21-23-25-27-28-30-31-33-35-38-41-44-47-50-56(59)62-53-54(52-61-55(58)49-46-43-40-37-18-15-12-9-6-3)63-57(60)51-48-45-42-39-36-34-32-29-26-24-22-20-17-14-11-8-5-2/h16,19,23,25,28,30,33,35,54H,4-15,17-18,20-22,24,26-27,29,31-32,34,36-53H2,1-3H3/b19-16-,25-23-,30-28-,35-33-/t54-/m1/s1. The molecule has 1 atom stereocenters. The van der Waals surface area contributed by atoms with Gasteiger partial charge in [0.15, 0.2) is 6.10 Å². The van der Waals surface area contributed by atoms with Crippen molar-refractivity contribution in [2.45, 2.75) is 284 Å². The molecule has 0 aromatic carbocycles. The number of carbonyl (C=O) groups excluding carboxylic acids is 3. The zero-order chi connectivity index (χ0) is 45.8. The maximum absolute atomic E-state index is 12.8. The summed E-state index contributed by atoms with van der Waals surface area (Å²) in [6, 6.07) is 0. The number of rotatable bonds is 49. The first-order chi connectivity index (χ1) is 31.0. The van der Waals surface area contributed by atoms with Crippen molar-refractivity contribution in [3.8, 4) is 0 Å². The Morgan fingerprint density at radius 2 is 0.571 bits per heavy atom. The normalized spacial score (nSPS) is 12.4. The first-order valence-corrected chi connectivity index (χ1v) is 27.1. The van der Waals surface area contributed by atoms with Gasteiger partial charge in [-0.25, -0.2) is 0 Å². The van der Waals surface area contributed by atoms with E-state index in [1.54, 1.807) is 0 Å². The molecule has 0 aliphatic rings. The van der Waals surface area contributed by atoms with E-state index in [2.05, 4.69) is 69.4 Å². The van der Waals surface area contributed by atoms with E-state index in [4.69, 9.17) is 14.2 Å². The van der Waals surface area contributed by atoms with Crippen molar-refractivity contribution in [2.75, 3.05) is 13.2 Å². The molecule has 0 rings (SSSR count).